The molecule has 0 unspecified atom stereocenters. The van der Waals surface area contributed by atoms with Gasteiger partial charge in [-0.2, -0.15) is 0 Å². The Labute approximate surface area is 90.4 Å². The second-order valence-corrected chi connectivity index (χ2v) is 4.21. The number of nitrogens with one attached hydrogen (secondary N) is 1. The summed E-state index contributed by atoms with van der Waals surface area (Å²) in [5.74, 6) is -0.717. The molecule has 0 spiro atoms. The maximum Gasteiger partial charge on any atom is 0.141 e. The Balaban J connectivity index is 3.22. The van der Waals surface area contributed by atoms with Crippen LogP contribution in [0.5, 0.6) is 5.75 Å². The van der Waals surface area contributed by atoms with E-state index in [1.54, 1.807) is 0 Å². The third kappa shape index (κ3) is 2.12. The van der Waals surface area contributed by atoms with Gasteiger partial charge in [-0.25, -0.2) is 4.39 Å². The van der Waals surface area contributed by atoms with Crippen molar-refractivity contribution < 1.29 is 9.50 Å². The van der Waals surface area contributed by atoms with Gasteiger partial charge in [-0.3, -0.25) is 0 Å². The molecule has 0 saturated carbocycles. The van der Waals surface area contributed by atoms with Crippen LogP contribution >= 0.6 is 15.9 Å². The molecule has 0 aliphatic heterocycles. The lowest BCUT2D eigenvalue weighted by atomic mass is 9.99. The van der Waals surface area contributed by atoms with Crippen LogP contribution < -0.4 is 0 Å². The maximum atomic E-state index is 12.9. The standard InChI is InChI=1S/C10H11BrFNO/c1-5(2)10(13)6-3-7(11)8(12)4-9(6)14/h3-5,13-14H,1-2H3. The van der Waals surface area contributed by atoms with Crippen molar-refractivity contribution in [1.82, 2.24) is 0 Å². The Morgan fingerprint density at radius 1 is 1.50 bits per heavy atom. The van der Waals surface area contributed by atoms with E-state index in [2.05, 4.69) is 15.9 Å². The quantitative estimate of drug-likeness (QED) is 0.787. The molecule has 0 aromatic heterocycles. The third-order valence-corrected chi connectivity index (χ3v) is 2.51. The van der Waals surface area contributed by atoms with E-state index in [-0.39, 0.29) is 16.1 Å². The summed E-state index contributed by atoms with van der Waals surface area (Å²) in [6.45, 7) is 3.69. The molecule has 0 atom stereocenters. The van der Waals surface area contributed by atoms with Crippen molar-refractivity contribution in [2.45, 2.75) is 13.8 Å². The van der Waals surface area contributed by atoms with Crippen LogP contribution in [0.25, 0.3) is 0 Å². The number of aromatic hydroxyl groups is 1. The van der Waals surface area contributed by atoms with Gasteiger partial charge in [0.15, 0.2) is 0 Å². The zero-order valence-corrected chi connectivity index (χ0v) is 9.52. The lowest BCUT2D eigenvalue weighted by Gasteiger charge is -2.10. The van der Waals surface area contributed by atoms with E-state index in [1.807, 2.05) is 13.8 Å². The van der Waals surface area contributed by atoms with Gasteiger partial charge in [0.05, 0.1) is 4.47 Å². The van der Waals surface area contributed by atoms with Gasteiger partial charge < -0.3 is 10.5 Å². The molecule has 0 saturated heterocycles. The largest absolute Gasteiger partial charge is 0.507 e. The highest BCUT2D eigenvalue weighted by Crippen LogP contribution is 2.27. The predicted octanol–water partition coefficient (Wildman–Crippen LogP) is 3.32. The minimum atomic E-state index is -0.525. The molecular formula is C10H11BrFNO. The molecule has 0 radical (unpaired) electrons. The lowest BCUT2D eigenvalue weighted by Crippen LogP contribution is -2.08. The molecule has 0 aliphatic rings. The molecule has 0 aliphatic carbocycles. The Kier molecular flexibility index (Phi) is 3.26. The predicted molar refractivity (Wildman–Crippen MR) is 57.4 cm³/mol. The number of hydrogen-bond acceptors (Lipinski definition) is 2. The van der Waals surface area contributed by atoms with Gasteiger partial charge in [-0.05, 0) is 27.9 Å². The Morgan fingerprint density at radius 2 is 2.07 bits per heavy atom. The molecule has 4 heteroatoms. The number of hydrogen-bond donors (Lipinski definition) is 2. The second kappa shape index (κ2) is 4.09. The highest BCUT2D eigenvalue weighted by atomic mass is 79.9. The number of phenols is 1. The van der Waals surface area contributed by atoms with Gasteiger partial charge in [0, 0.05) is 17.3 Å². The van der Waals surface area contributed by atoms with Crippen molar-refractivity contribution >= 4 is 21.6 Å². The van der Waals surface area contributed by atoms with Crippen molar-refractivity contribution in [3.63, 3.8) is 0 Å². The molecule has 1 aromatic rings. The van der Waals surface area contributed by atoms with Crippen molar-refractivity contribution in [2.75, 3.05) is 0 Å². The molecule has 2 N–H and O–H groups in total. The van der Waals surface area contributed by atoms with Crippen LogP contribution in [-0.4, -0.2) is 10.8 Å². The summed E-state index contributed by atoms with van der Waals surface area (Å²) in [5, 5.41) is 17.1. The van der Waals surface area contributed by atoms with E-state index >= 15 is 0 Å². The molecular weight excluding hydrogens is 249 g/mol. The van der Waals surface area contributed by atoms with Gasteiger partial charge in [0.2, 0.25) is 0 Å². The average molecular weight is 260 g/mol. The fourth-order valence-corrected chi connectivity index (χ4v) is 1.41. The maximum absolute atomic E-state index is 12.9. The van der Waals surface area contributed by atoms with E-state index in [0.29, 0.717) is 11.3 Å². The van der Waals surface area contributed by atoms with Crippen molar-refractivity contribution in [3.05, 3.63) is 28.0 Å². The van der Waals surface area contributed by atoms with Gasteiger partial charge >= 0.3 is 0 Å². The lowest BCUT2D eigenvalue weighted by molar-refractivity contribution is 0.466. The first-order chi connectivity index (χ1) is 6.43. The number of rotatable bonds is 2. The summed E-state index contributed by atoms with van der Waals surface area (Å²) in [6, 6.07) is 2.43. The Hall–Kier alpha value is -0.900. The summed E-state index contributed by atoms with van der Waals surface area (Å²) >= 11 is 3.01. The fraction of sp³-hybridized carbons (Fsp3) is 0.300. The van der Waals surface area contributed by atoms with Crippen LogP contribution in [0.1, 0.15) is 19.4 Å². The highest BCUT2D eigenvalue weighted by Gasteiger charge is 2.13. The van der Waals surface area contributed by atoms with Crippen LogP contribution in [0.2, 0.25) is 0 Å². The highest BCUT2D eigenvalue weighted by molar-refractivity contribution is 9.10. The zero-order chi connectivity index (χ0) is 10.9. The molecule has 0 heterocycles. The fourth-order valence-electron chi connectivity index (χ4n) is 1.06. The SMILES string of the molecule is CC(C)C(=N)c1cc(Br)c(F)cc1O. The summed E-state index contributed by atoms with van der Waals surface area (Å²) in [4.78, 5) is 0. The van der Waals surface area contributed by atoms with Crippen molar-refractivity contribution in [1.29, 1.82) is 5.41 Å². The van der Waals surface area contributed by atoms with E-state index in [0.717, 1.165) is 6.07 Å². The van der Waals surface area contributed by atoms with E-state index in [1.165, 1.54) is 6.07 Å². The Morgan fingerprint density at radius 3 is 2.57 bits per heavy atom. The minimum Gasteiger partial charge on any atom is -0.507 e. The Bertz CT molecular complexity index is 377. The first-order valence-corrected chi connectivity index (χ1v) is 4.99. The number of benzene rings is 1. The summed E-state index contributed by atoms with van der Waals surface area (Å²) in [7, 11) is 0. The molecule has 14 heavy (non-hydrogen) atoms. The monoisotopic (exact) mass is 259 g/mol. The molecule has 1 aromatic carbocycles. The first kappa shape index (κ1) is 11.2. The molecule has 2 nitrogen and oxygen atoms in total. The topological polar surface area (TPSA) is 44.1 Å². The van der Waals surface area contributed by atoms with E-state index in [4.69, 9.17) is 5.41 Å². The molecule has 0 fully saturated rings. The molecule has 76 valence electrons. The molecule has 1 rings (SSSR count). The smallest absolute Gasteiger partial charge is 0.141 e. The molecule has 0 amide bonds. The second-order valence-electron chi connectivity index (χ2n) is 3.35. The van der Waals surface area contributed by atoms with Crippen LogP contribution in [0, 0.1) is 17.1 Å². The third-order valence-electron chi connectivity index (χ3n) is 1.91. The van der Waals surface area contributed by atoms with Gasteiger partial charge in [0.1, 0.15) is 11.6 Å². The van der Waals surface area contributed by atoms with Gasteiger partial charge in [-0.1, -0.05) is 13.8 Å². The zero-order valence-electron chi connectivity index (χ0n) is 7.94. The minimum absolute atomic E-state index is 0.00161. The van der Waals surface area contributed by atoms with E-state index < -0.39 is 5.82 Å². The van der Waals surface area contributed by atoms with E-state index in [9.17, 15) is 9.50 Å². The average Bonchev–Trinajstić information content (AvgIpc) is 2.10. The van der Waals surface area contributed by atoms with Gasteiger partial charge in [0.25, 0.3) is 0 Å². The number of phenolic OH excluding ortho intramolecular Hbond substituents is 1. The first-order valence-electron chi connectivity index (χ1n) is 4.20. The summed E-state index contributed by atoms with van der Waals surface area (Å²) < 4.78 is 13.2. The number of halogens is 2. The van der Waals surface area contributed by atoms with Crippen LogP contribution in [0.4, 0.5) is 4.39 Å². The summed E-state index contributed by atoms with van der Waals surface area (Å²) in [6.07, 6.45) is 0. The van der Waals surface area contributed by atoms with Crippen LogP contribution in [-0.2, 0) is 0 Å². The van der Waals surface area contributed by atoms with Gasteiger partial charge in [-0.15, -0.1) is 0 Å². The molecule has 0 bridgehead atoms. The summed E-state index contributed by atoms with van der Waals surface area (Å²) in [5.41, 5.74) is 0.663. The van der Waals surface area contributed by atoms with Crippen molar-refractivity contribution in [2.24, 2.45) is 5.92 Å². The van der Waals surface area contributed by atoms with Crippen molar-refractivity contribution in [3.8, 4) is 5.75 Å². The van der Waals surface area contributed by atoms with Crippen LogP contribution in [0.15, 0.2) is 16.6 Å². The van der Waals surface area contributed by atoms with Crippen LogP contribution in [0.3, 0.4) is 0 Å². The normalized spacial score (nSPS) is 10.6.